The molecule has 6 rings (SSSR count). The van der Waals surface area contributed by atoms with Gasteiger partial charge in [0.15, 0.2) is 0 Å². The van der Waals surface area contributed by atoms with E-state index in [1.807, 2.05) is 0 Å². The Morgan fingerprint density at radius 2 is 1.64 bits per heavy atom. The van der Waals surface area contributed by atoms with E-state index in [1.165, 1.54) is 48.4 Å². The lowest BCUT2D eigenvalue weighted by molar-refractivity contribution is 0.0426. The van der Waals surface area contributed by atoms with Crippen LogP contribution in [0.1, 0.15) is 37.7 Å². The van der Waals surface area contributed by atoms with Gasteiger partial charge in [-0.2, -0.15) is 0 Å². The highest BCUT2D eigenvalue weighted by Gasteiger charge is 2.55. The fraction of sp³-hybridized carbons (Fsp3) is 0.478. The van der Waals surface area contributed by atoms with Gasteiger partial charge in [0.2, 0.25) is 0 Å². The summed E-state index contributed by atoms with van der Waals surface area (Å²) in [6.45, 7) is 0. The first-order valence-electron chi connectivity index (χ1n) is 9.53. The highest BCUT2D eigenvalue weighted by Crippen LogP contribution is 2.63. The first-order chi connectivity index (χ1) is 12.2. The van der Waals surface area contributed by atoms with Gasteiger partial charge in [0.1, 0.15) is 5.75 Å². The van der Waals surface area contributed by atoms with Crippen molar-refractivity contribution in [2.45, 2.75) is 37.5 Å². The molecule has 4 aliphatic carbocycles. The smallest absolute Gasteiger partial charge is 0.119 e. The molecule has 2 atom stereocenters. The van der Waals surface area contributed by atoms with E-state index >= 15 is 0 Å². The third-order valence-corrected chi connectivity index (χ3v) is 7.01. The third-order valence-electron chi connectivity index (χ3n) is 7.01. The summed E-state index contributed by atoms with van der Waals surface area (Å²) in [5.41, 5.74) is 3.27. The van der Waals surface area contributed by atoms with Gasteiger partial charge in [-0.25, -0.2) is 0 Å². The maximum Gasteiger partial charge on any atom is 0.119 e. The maximum atomic E-state index is 5.55. The van der Waals surface area contributed by atoms with Crippen LogP contribution < -0.4 is 4.74 Å². The van der Waals surface area contributed by atoms with Crippen molar-refractivity contribution in [3.63, 3.8) is 0 Å². The van der Waals surface area contributed by atoms with Crippen LogP contribution in [0.25, 0.3) is 10.8 Å². The summed E-state index contributed by atoms with van der Waals surface area (Å²) in [4.78, 5) is 0. The molecule has 0 aliphatic heterocycles. The molecule has 4 bridgehead atoms. The molecule has 0 aromatic heterocycles. The number of methoxy groups -OCH3 is 2. The van der Waals surface area contributed by atoms with E-state index in [4.69, 9.17) is 9.47 Å². The zero-order chi connectivity index (χ0) is 17.0. The topological polar surface area (TPSA) is 18.5 Å². The van der Waals surface area contributed by atoms with Gasteiger partial charge < -0.3 is 9.47 Å². The molecule has 4 fully saturated rings. The van der Waals surface area contributed by atoms with Gasteiger partial charge in [0.25, 0.3) is 0 Å². The SMILES string of the molecule is COC=C1C2CC3CC(C2)CC1(c1ccc2cc(OC)ccc2c1)C3. The number of rotatable bonds is 3. The van der Waals surface area contributed by atoms with Gasteiger partial charge in [-0.15, -0.1) is 0 Å². The van der Waals surface area contributed by atoms with Gasteiger partial charge in [-0.1, -0.05) is 24.3 Å². The highest BCUT2D eigenvalue weighted by atomic mass is 16.5. The van der Waals surface area contributed by atoms with Crippen LogP contribution in [-0.4, -0.2) is 14.2 Å². The monoisotopic (exact) mass is 334 g/mol. The molecule has 0 N–H and O–H groups in total. The van der Waals surface area contributed by atoms with Gasteiger partial charge in [-0.3, -0.25) is 0 Å². The highest BCUT2D eigenvalue weighted by molar-refractivity contribution is 5.85. The van der Waals surface area contributed by atoms with Gasteiger partial charge in [0, 0.05) is 5.41 Å². The average Bonchev–Trinajstić information content (AvgIpc) is 2.63. The largest absolute Gasteiger partial charge is 0.504 e. The van der Waals surface area contributed by atoms with Crippen molar-refractivity contribution in [1.29, 1.82) is 0 Å². The first-order valence-corrected chi connectivity index (χ1v) is 9.53. The number of ether oxygens (including phenoxy) is 2. The van der Waals surface area contributed by atoms with Gasteiger partial charge in [-0.05, 0) is 83.9 Å². The Hall–Kier alpha value is -1.96. The maximum absolute atomic E-state index is 5.55. The molecule has 0 heterocycles. The van der Waals surface area contributed by atoms with Crippen molar-refractivity contribution in [2.24, 2.45) is 17.8 Å². The Balaban J connectivity index is 1.65. The van der Waals surface area contributed by atoms with E-state index < -0.39 is 0 Å². The van der Waals surface area contributed by atoms with Gasteiger partial charge in [0.05, 0.1) is 20.5 Å². The first kappa shape index (κ1) is 15.3. The molecular formula is C23H26O2. The normalized spacial score (nSPS) is 34.6. The third kappa shape index (κ3) is 2.23. The van der Waals surface area contributed by atoms with E-state index in [2.05, 4.69) is 42.7 Å². The molecule has 0 spiro atoms. The Kier molecular flexibility index (Phi) is 3.38. The molecule has 2 aromatic rings. The summed E-state index contributed by atoms with van der Waals surface area (Å²) >= 11 is 0. The molecule has 2 heteroatoms. The Bertz CT molecular complexity index is 836. The van der Waals surface area contributed by atoms with E-state index in [1.54, 1.807) is 19.8 Å². The van der Waals surface area contributed by atoms with Crippen LogP contribution in [-0.2, 0) is 10.2 Å². The summed E-state index contributed by atoms with van der Waals surface area (Å²) < 4.78 is 10.9. The number of fused-ring (bicyclic) bond motifs is 1. The lowest BCUT2D eigenvalue weighted by Crippen LogP contribution is -2.50. The van der Waals surface area contributed by atoms with Crippen LogP contribution in [0, 0.1) is 17.8 Å². The lowest BCUT2D eigenvalue weighted by Gasteiger charge is -2.58. The van der Waals surface area contributed by atoms with Crippen LogP contribution in [0.4, 0.5) is 0 Å². The molecule has 0 amide bonds. The standard InChI is InChI=1S/C23H26O2/c1-24-14-22-19-8-15-7-16(9-19)13-23(22,12-15)20-5-3-18-11-21(25-2)6-4-17(18)10-20/h3-6,10-11,14-16,19H,7-9,12-13H2,1-2H3. The summed E-state index contributed by atoms with van der Waals surface area (Å²) in [5, 5.41) is 2.57. The molecule has 2 unspecified atom stereocenters. The Morgan fingerprint density at radius 3 is 2.36 bits per heavy atom. The number of benzene rings is 2. The summed E-state index contributed by atoms with van der Waals surface area (Å²) in [7, 11) is 3.53. The molecular weight excluding hydrogens is 308 g/mol. The van der Waals surface area contributed by atoms with Crippen LogP contribution in [0.15, 0.2) is 48.2 Å². The zero-order valence-corrected chi connectivity index (χ0v) is 15.1. The predicted octanol–water partition coefficient (Wildman–Crippen LogP) is 5.46. The predicted molar refractivity (Wildman–Crippen MR) is 101 cm³/mol. The lowest BCUT2D eigenvalue weighted by atomic mass is 9.46. The Labute approximate surface area is 149 Å². The zero-order valence-electron chi connectivity index (χ0n) is 15.1. The molecule has 25 heavy (non-hydrogen) atoms. The van der Waals surface area contributed by atoms with Crippen molar-refractivity contribution >= 4 is 10.8 Å². The fourth-order valence-electron chi connectivity index (χ4n) is 6.23. The van der Waals surface area contributed by atoms with Crippen LogP contribution >= 0.6 is 0 Å². The van der Waals surface area contributed by atoms with Crippen molar-refractivity contribution in [1.82, 2.24) is 0 Å². The van der Waals surface area contributed by atoms with Gasteiger partial charge >= 0.3 is 0 Å². The van der Waals surface area contributed by atoms with Crippen LogP contribution in [0.3, 0.4) is 0 Å². The molecule has 4 saturated carbocycles. The van der Waals surface area contributed by atoms with Crippen molar-refractivity contribution in [2.75, 3.05) is 14.2 Å². The Morgan fingerprint density at radius 1 is 0.920 bits per heavy atom. The molecule has 2 aromatic carbocycles. The van der Waals surface area contributed by atoms with E-state index in [9.17, 15) is 0 Å². The fourth-order valence-corrected chi connectivity index (χ4v) is 6.23. The number of hydrogen-bond donors (Lipinski definition) is 0. The molecule has 2 nitrogen and oxygen atoms in total. The minimum atomic E-state index is 0.207. The minimum Gasteiger partial charge on any atom is -0.504 e. The molecule has 130 valence electrons. The molecule has 0 radical (unpaired) electrons. The minimum absolute atomic E-state index is 0.207. The molecule has 4 aliphatic rings. The summed E-state index contributed by atoms with van der Waals surface area (Å²) in [5.74, 6) is 3.46. The van der Waals surface area contributed by atoms with Crippen molar-refractivity contribution < 1.29 is 9.47 Å². The van der Waals surface area contributed by atoms with E-state index in [-0.39, 0.29) is 5.41 Å². The second-order valence-corrected chi connectivity index (χ2v) is 8.36. The summed E-state index contributed by atoms with van der Waals surface area (Å²) in [6, 6.07) is 13.4. The molecule has 0 saturated heterocycles. The average molecular weight is 334 g/mol. The number of allylic oxidation sites excluding steroid dienone is 1. The van der Waals surface area contributed by atoms with Crippen LogP contribution in [0.5, 0.6) is 5.75 Å². The van der Waals surface area contributed by atoms with E-state index in [0.29, 0.717) is 0 Å². The van der Waals surface area contributed by atoms with Crippen LogP contribution in [0.2, 0.25) is 0 Å². The van der Waals surface area contributed by atoms with E-state index in [0.717, 1.165) is 23.5 Å². The number of hydrogen-bond acceptors (Lipinski definition) is 2. The summed E-state index contributed by atoms with van der Waals surface area (Å²) in [6.07, 6.45) is 8.88. The quantitative estimate of drug-likeness (QED) is 0.694. The second-order valence-electron chi connectivity index (χ2n) is 8.36. The van der Waals surface area contributed by atoms with Crippen molar-refractivity contribution in [3.8, 4) is 5.75 Å². The van der Waals surface area contributed by atoms with Crippen molar-refractivity contribution in [3.05, 3.63) is 53.8 Å². The second kappa shape index (κ2) is 5.52.